The Morgan fingerprint density at radius 1 is 1.26 bits per heavy atom. The van der Waals surface area contributed by atoms with Gasteiger partial charge in [0.15, 0.2) is 21.3 Å². The normalized spacial score (nSPS) is 20.6. The zero-order valence-corrected chi connectivity index (χ0v) is 20.4. The lowest BCUT2D eigenvalue weighted by Gasteiger charge is -2.20. The van der Waals surface area contributed by atoms with E-state index in [-0.39, 0.29) is 41.2 Å². The Balaban J connectivity index is 1.77. The van der Waals surface area contributed by atoms with Gasteiger partial charge in [0.25, 0.3) is 0 Å². The molecule has 0 saturated carbocycles. The van der Waals surface area contributed by atoms with Crippen molar-refractivity contribution in [3.05, 3.63) is 52.6 Å². The molecule has 34 heavy (non-hydrogen) atoms. The highest BCUT2D eigenvalue weighted by Crippen LogP contribution is 2.36. The van der Waals surface area contributed by atoms with Crippen LogP contribution in [-0.4, -0.2) is 46.2 Å². The van der Waals surface area contributed by atoms with Gasteiger partial charge in [-0.3, -0.25) is 9.36 Å². The van der Waals surface area contributed by atoms with Crippen molar-refractivity contribution < 1.29 is 22.3 Å². The molecule has 0 spiro atoms. The number of hydrogen-bond donors (Lipinski definition) is 0. The number of fused-ring (bicyclic) bond motifs is 1. The molecule has 3 heterocycles. The largest absolute Gasteiger partial charge is 0.461 e. The smallest absolute Gasteiger partial charge is 0.335 e. The van der Waals surface area contributed by atoms with Crippen molar-refractivity contribution in [2.45, 2.75) is 52.9 Å². The number of ketones is 1. The number of aromatic nitrogens is 3. The molecule has 1 saturated heterocycles. The molecule has 1 unspecified atom stereocenters. The van der Waals surface area contributed by atoms with Gasteiger partial charge in [-0.1, -0.05) is 13.0 Å². The molecule has 3 aromatic rings. The Kier molecular flexibility index (Phi) is 6.14. The molecule has 8 nitrogen and oxygen atoms in total. The number of alkyl halides is 1. The first-order valence-electron chi connectivity index (χ1n) is 11.2. The second-order valence-corrected chi connectivity index (χ2v) is 11.7. The first-order chi connectivity index (χ1) is 15.9. The molecule has 0 amide bonds. The minimum atomic E-state index is -3.13. The van der Waals surface area contributed by atoms with Gasteiger partial charge < -0.3 is 4.74 Å². The highest BCUT2D eigenvalue weighted by Gasteiger charge is 2.40. The Labute approximate surface area is 197 Å². The van der Waals surface area contributed by atoms with Gasteiger partial charge in [0.05, 0.1) is 22.7 Å². The van der Waals surface area contributed by atoms with Crippen molar-refractivity contribution in [1.82, 2.24) is 14.1 Å². The van der Waals surface area contributed by atoms with E-state index in [4.69, 9.17) is 4.74 Å². The lowest BCUT2D eigenvalue weighted by Crippen LogP contribution is -2.24. The number of Topliss-reactive ketones (excluding diaryl/α,β-unsaturated/α-hetero) is 1. The van der Waals surface area contributed by atoms with Crippen LogP contribution < -0.4 is 10.4 Å². The maximum absolute atomic E-state index is 13.4. The lowest BCUT2D eigenvalue weighted by molar-refractivity contribution is 0.0860. The molecule has 4 rings (SSSR count). The summed E-state index contributed by atoms with van der Waals surface area (Å²) >= 11 is 0. The standard InChI is InChI=1S/C24H28FN3O5S/c1-15(2)27-20-10-17(21(29)12-24(4)8-9-34(31,32)14-24)13-26-22(20)28(23(27)30)18-6-5-7-19(11-18)33-16(3)25/h5-7,10-11,13,15-16H,8-9,12,14H2,1-4H3/t16?,24-/m0/s1. The molecular formula is C24H28FN3O5S. The fourth-order valence-electron chi connectivity index (χ4n) is 4.57. The Morgan fingerprint density at radius 2 is 2.00 bits per heavy atom. The summed E-state index contributed by atoms with van der Waals surface area (Å²) in [6.45, 7) is 6.79. The van der Waals surface area contributed by atoms with E-state index in [1.165, 1.54) is 17.7 Å². The highest BCUT2D eigenvalue weighted by molar-refractivity contribution is 7.91. The average molecular weight is 490 g/mol. The van der Waals surface area contributed by atoms with Crippen LogP contribution in [0.4, 0.5) is 4.39 Å². The molecule has 2 atom stereocenters. The van der Waals surface area contributed by atoms with Gasteiger partial charge in [0, 0.05) is 37.2 Å². The third-order valence-electron chi connectivity index (χ3n) is 6.10. The van der Waals surface area contributed by atoms with Gasteiger partial charge in [-0.15, -0.1) is 0 Å². The summed E-state index contributed by atoms with van der Waals surface area (Å²) in [5, 5.41) is 0. The summed E-state index contributed by atoms with van der Waals surface area (Å²) in [5.74, 6) is 0.145. The zero-order chi connectivity index (χ0) is 24.8. The molecule has 0 N–H and O–H groups in total. The number of hydrogen-bond acceptors (Lipinski definition) is 6. The number of halogens is 1. The fourth-order valence-corrected chi connectivity index (χ4v) is 6.83. The molecule has 10 heteroatoms. The SMILES string of the molecule is CC(F)Oc1cccc(-n2c(=O)n(C(C)C)c3cc(C(=O)C[C@]4(C)CCS(=O)(=O)C4)cnc32)c1. The van der Waals surface area contributed by atoms with E-state index in [1.54, 1.807) is 34.9 Å². The number of pyridine rings is 1. The molecule has 2 aromatic heterocycles. The van der Waals surface area contributed by atoms with Crippen molar-refractivity contribution in [2.75, 3.05) is 11.5 Å². The molecule has 1 fully saturated rings. The van der Waals surface area contributed by atoms with Crippen LogP contribution in [0.5, 0.6) is 5.75 Å². The number of carbonyl (C=O) groups excluding carboxylic acids is 1. The van der Waals surface area contributed by atoms with Crippen molar-refractivity contribution in [3.63, 3.8) is 0 Å². The summed E-state index contributed by atoms with van der Waals surface area (Å²) in [7, 11) is -3.13. The Hall–Kier alpha value is -3.01. The Bertz CT molecular complexity index is 1420. The molecule has 182 valence electrons. The van der Waals surface area contributed by atoms with Gasteiger partial charge >= 0.3 is 5.69 Å². The van der Waals surface area contributed by atoms with Gasteiger partial charge in [0.1, 0.15) is 5.75 Å². The zero-order valence-electron chi connectivity index (χ0n) is 19.6. The monoisotopic (exact) mass is 489 g/mol. The summed E-state index contributed by atoms with van der Waals surface area (Å²) in [4.78, 5) is 30.9. The second kappa shape index (κ2) is 8.65. The number of sulfone groups is 1. The topological polar surface area (TPSA) is 100 Å². The first kappa shape index (κ1) is 24.1. The van der Waals surface area contributed by atoms with E-state index < -0.39 is 21.6 Å². The van der Waals surface area contributed by atoms with Gasteiger partial charge in [0.2, 0.25) is 6.36 Å². The molecule has 0 radical (unpaired) electrons. The lowest BCUT2D eigenvalue weighted by atomic mass is 9.83. The number of imidazole rings is 1. The van der Waals surface area contributed by atoms with Gasteiger partial charge in [-0.2, -0.15) is 0 Å². The third-order valence-corrected chi connectivity index (χ3v) is 8.06. The maximum Gasteiger partial charge on any atom is 0.335 e. The average Bonchev–Trinajstić information content (AvgIpc) is 3.18. The van der Waals surface area contributed by atoms with E-state index in [9.17, 15) is 22.4 Å². The molecule has 0 bridgehead atoms. The quantitative estimate of drug-likeness (QED) is 0.467. The van der Waals surface area contributed by atoms with Gasteiger partial charge in [-0.25, -0.2) is 27.2 Å². The number of nitrogens with zero attached hydrogens (tertiary/aromatic N) is 3. The van der Waals surface area contributed by atoms with Gasteiger partial charge in [-0.05, 0) is 43.9 Å². The summed E-state index contributed by atoms with van der Waals surface area (Å²) < 4.78 is 45.2. The van der Waals surface area contributed by atoms with E-state index in [2.05, 4.69) is 4.98 Å². The predicted molar refractivity (Wildman–Crippen MR) is 127 cm³/mol. The van der Waals surface area contributed by atoms with Crippen molar-refractivity contribution in [2.24, 2.45) is 5.41 Å². The summed E-state index contributed by atoms with van der Waals surface area (Å²) in [6.07, 6.45) is 0.446. The second-order valence-electron chi connectivity index (χ2n) is 9.56. The number of benzene rings is 1. The highest BCUT2D eigenvalue weighted by atomic mass is 32.2. The predicted octanol–water partition coefficient (Wildman–Crippen LogP) is 3.86. The van der Waals surface area contributed by atoms with Crippen LogP contribution in [0.15, 0.2) is 41.3 Å². The molecule has 1 aromatic carbocycles. The third kappa shape index (κ3) is 4.64. The van der Waals surface area contributed by atoms with Crippen LogP contribution in [0.1, 0.15) is 56.9 Å². The summed E-state index contributed by atoms with van der Waals surface area (Å²) in [6, 6.07) is 7.94. The molecular weight excluding hydrogens is 461 g/mol. The maximum atomic E-state index is 13.4. The van der Waals surface area contributed by atoms with E-state index in [0.29, 0.717) is 28.8 Å². The van der Waals surface area contributed by atoms with Crippen LogP contribution >= 0.6 is 0 Å². The summed E-state index contributed by atoms with van der Waals surface area (Å²) in [5.41, 5.74) is 0.676. The van der Waals surface area contributed by atoms with Crippen molar-refractivity contribution in [1.29, 1.82) is 0 Å². The van der Waals surface area contributed by atoms with Crippen LogP contribution in [-0.2, 0) is 9.84 Å². The van der Waals surface area contributed by atoms with Crippen LogP contribution in [0.3, 0.4) is 0 Å². The number of ether oxygens (including phenoxy) is 1. The minimum absolute atomic E-state index is 0.00952. The van der Waals surface area contributed by atoms with E-state index in [1.807, 2.05) is 20.8 Å². The van der Waals surface area contributed by atoms with E-state index in [0.717, 1.165) is 0 Å². The minimum Gasteiger partial charge on any atom is -0.461 e. The Morgan fingerprint density at radius 3 is 2.62 bits per heavy atom. The number of carbonyl (C=O) groups is 1. The van der Waals surface area contributed by atoms with Crippen LogP contribution in [0.2, 0.25) is 0 Å². The van der Waals surface area contributed by atoms with Crippen LogP contribution in [0, 0.1) is 5.41 Å². The fraction of sp³-hybridized carbons (Fsp3) is 0.458. The van der Waals surface area contributed by atoms with E-state index >= 15 is 0 Å². The molecule has 1 aliphatic heterocycles. The molecule has 0 aliphatic carbocycles. The number of rotatable bonds is 7. The molecule has 1 aliphatic rings. The van der Waals surface area contributed by atoms with Crippen molar-refractivity contribution in [3.8, 4) is 11.4 Å². The first-order valence-corrected chi connectivity index (χ1v) is 13.0. The van der Waals surface area contributed by atoms with Crippen molar-refractivity contribution >= 4 is 26.8 Å². The van der Waals surface area contributed by atoms with Crippen LogP contribution in [0.25, 0.3) is 16.9 Å².